The van der Waals surface area contributed by atoms with E-state index < -0.39 is 10.0 Å². The SMILES string of the molecule is O=C1CCC(CNS(=O)(=O)Cc2ccccc2)N1. The van der Waals surface area contributed by atoms with Crippen molar-refractivity contribution in [3.63, 3.8) is 0 Å². The predicted molar refractivity (Wildman–Crippen MR) is 68.2 cm³/mol. The Balaban J connectivity index is 1.86. The minimum Gasteiger partial charge on any atom is -0.352 e. The molecule has 0 aliphatic carbocycles. The van der Waals surface area contributed by atoms with E-state index >= 15 is 0 Å². The number of hydrogen-bond acceptors (Lipinski definition) is 3. The lowest BCUT2D eigenvalue weighted by molar-refractivity contribution is -0.119. The first-order valence-corrected chi connectivity index (χ1v) is 7.51. The molecule has 1 saturated heterocycles. The first kappa shape index (κ1) is 13.0. The van der Waals surface area contributed by atoms with Crippen molar-refractivity contribution in [2.24, 2.45) is 0 Å². The third-order valence-corrected chi connectivity index (χ3v) is 4.15. The lowest BCUT2D eigenvalue weighted by Crippen LogP contribution is -2.38. The molecule has 0 radical (unpaired) electrons. The van der Waals surface area contributed by atoms with Crippen LogP contribution in [0.4, 0.5) is 0 Å². The van der Waals surface area contributed by atoms with Gasteiger partial charge < -0.3 is 5.32 Å². The summed E-state index contributed by atoms with van der Waals surface area (Å²) in [5.74, 6) is -0.0450. The molecule has 1 atom stereocenters. The van der Waals surface area contributed by atoms with Crippen LogP contribution in [0.15, 0.2) is 30.3 Å². The topological polar surface area (TPSA) is 75.3 Å². The van der Waals surface area contributed by atoms with Gasteiger partial charge in [-0.05, 0) is 12.0 Å². The largest absolute Gasteiger partial charge is 0.352 e. The fourth-order valence-corrected chi connectivity index (χ4v) is 3.09. The number of rotatable bonds is 5. The van der Waals surface area contributed by atoms with Gasteiger partial charge in [0.1, 0.15) is 0 Å². The van der Waals surface area contributed by atoms with E-state index in [1.165, 1.54) is 0 Å². The molecule has 1 aliphatic heterocycles. The molecule has 98 valence electrons. The van der Waals surface area contributed by atoms with E-state index in [-0.39, 0.29) is 24.2 Å². The van der Waals surface area contributed by atoms with Gasteiger partial charge in [-0.25, -0.2) is 13.1 Å². The summed E-state index contributed by atoms with van der Waals surface area (Å²) < 4.78 is 26.2. The molecule has 1 aliphatic rings. The third-order valence-electron chi connectivity index (χ3n) is 2.83. The van der Waals surface area contributed by atoms with Crippen LogP contribution in [-0.2, 0) is 20.6 Å². The van der Waals surface area contributed by atoms with Gasteiger partial charge in [0.15, 0.2) is 0 Å². The molecule has 0 aromatic heterocycles. The smallest absolute Gasteiger partial charge is 0.220 e. The second kappa shape index (κ2) is 5.49. The van der Waals surface area contributed by atoms with Gasteiger partial charge in [0.25, 0.3) is 0 Å². The average Bonchev–Trinajstić information content (AvgIpc) is 2.74. The second-order valence-corrected chi connectivity index (χ2v) is 6.20. The summed E-state index contributed by atoms with van der Waals surface area (Å²) in [5, 5.41) is 2.72. The van der Waals surface area contributed by atoms with Gasteiger partial charge in [0.2, 0.25) is 15.9 Å². The molecule has 6 heteroatoms. The molecule has 1 aromatic carbocycles. The zero-order valence-electron chi connectivity index (χ0n) is 9.93. The predicted octanol–water partition coefficient (Wildman–Crippen LogP) is 0.385. The summed E-state index contributed by atoms with van der Waals surface area (Å²) in [5.41, 5.74) is 0.750. The molecule has 1 amide bonds. The number of amides is 1. The van der Waals surface area contributed by atoms with Crippen molar-refractivity contribution >= 4 is 15.9 Å². The Morgan fingerprint density at radius 3 is 2.61 bits per heavy atom. The van der Waals surface area contributed by atoms with Crippen LogP contribution in [0.25, 0.3) is 0 Å². The Bertz CT molecular complexity index is 513. The van der Waals surface area contributed by atoms with Crippen molar-refractivity contribution < 1.29 is 13.2 Å². The summed E-state index contributed by atoms with van der Waals surface area (Å²) >= 11 is 0. The van der Waals surface area contributed by atoms with Crippen molar-refractivity contribution in [1.29, 1.82) is 0 Å². The van der Waals surface area contributed by atoms with Crippen molar-refractivity contribution in [1.82, 2.24) is 10.0 Å². The van der Waals surface area contributed by atoms with Crippen LogP contribution >= 0.6 is 0 Å². The molecular formula is C12H16N2O3S. The molecule has 2 rings (SSSR count). The van der Waals surface area contributed by atoms with E-state index in [9.17, 15) is 13.2 Å². The number of benzene rings is 1. The minimum atomic E-state index is -3.34. The highest BCUT2D eigenvalue weighted by atomic mass is 32.2. The summed E-state index contributed by atoms with van der Waals surface area (Å²) in [6.45, 7) is 0.265. The molecule has 0 saturated carbocycles. The quantitative estimate of drug-likeness (QED) is 0.811. The van der Waals surface area contributed by atoms with Gasteiger partial charge in [0.05, 0.1) is 5.75 Å². The highest BCUT2D eigenvalue weighted by Gasteiger charge is 2.22. The van der Waals surface area contributed by atoms with E-state index in [1.807, 2.05) is 18.2 Å². The van der Waals surface area contributed by atoms with Gasteiger partial charge >= 0.3 is 0 Å². The van der Waals surface area contributed by atoms with Crippen LogP contribution in [0.5, 0.6) is 0 Å². The van der Waals surface area contributed by atoms with Crippen LogP contribution in [0.3, 0.4) is 0 Å². The molecule has 18 heavy (non-hydrogen) atoms. The highest BCUT2D eigenvalue weighted by molar-refractivity contribution is 7.88. The van der Waals surface area contributed by atoms with Crippen molar-refractivity contribution in [3.05, 3.63) is 35.9 Å². The molecule has 0 bridgehead atoms. The molecule has 1 fully saturated rings. The maximum atomic E-state index is 11.8. The Morgan fingerprint density at radius 1 is 1.28 bits per heavy atom. The van der Waals surface area contributed by atoms with E-state index in [2.05, 4.69) is 10.0 Å². The van der Waals surface area contributed by atoms with Crippen LogP contribution in [0.2, 0.25) is 0 Å². The first-order chi connectivity index (χ1) is 8.55. The van der Waals surface area contributed by atoms with Gasteiger partial charge in [0, 0.05) is 19.0 Å². The zero-order valence-corrected chi connectivity index (χ0v) is 10.7. The molecule has 5 nitrogen and oxygen atoms in total. The lowest BCUT2D eigenvalue weighted by atomic mass is 10.2. The van der Waals surface area contributed by atoms with Crippen LogP contribution < -0.4 is 10.0 Å². The van der Waals surface area contributed by atoms with E-state index in [0.29, 0.717) is 12.8 Å². The van der Waals surface area contributed by atoms with Crippen LogP contribution in [-0.4, -0.2) is 26.9 Å². The summed E-state index contributed by atoms with van der Waals surface area (Å²) in [6.07, 6.45) is 1.16. The second-order valence-electron chi connectivity index (χ2n) is 4.40. The van der Waals surface area contributed by atoms with Gasteiger partial charge in [-0.3, -0.25) is 4.79 Å². The monoisotopic (exact) mass is 268 g/mol. The summed E-state index contributed by atoms with van der Waals surface area (Å²) in [6, 6.07) is 8.93. The number of hydrogen-bond donors (Lipinski definition) is 2. The zero-order chi connectivity index (χ0) is 13.0. The molecule has 0 spiro atoms. The molecule has 1 aromatic rings. The van der Waals surface area contributed by atoms with E-state index in [4.69, 9.17) is 0 Å². The highest BCUT2D eigenvalue weighted by Crippen LogP contribution is 2.07. The van der Waals surface area contributed by atoms with E-state index in [1.54, 1.807) is 12.1 Å². The molecule has 2 N–H and O–H groups in total. The van der Waals surface area contributed by atoms with Crippen LogP contribution in [0, 0.1) is 0 Å². The van der Waals surface area contributed by atoms with Gasteiger partial charge in [-0.2, -0.15) is 0 Å². The van der Waals surface area contributed by atoms with Crippen LogP contribution in [0.1, 0.15) is 18.4 Å². The van der Waals surface area contributed by atoms with Crippen molar-refractivity contribution in [2.75, 3.05) is 6.54 Å². The Labute approximate surface area is 107 Å². The third kappa shape index (κ3) is 3.82. The molecule has 1 unspecified atom stereocenters. The van der Waals surface area contributed by atoms with Crippen molar-refractivity contribution in [2.45, 2.75) is 24.6 Å². The average molecular weight is 268 g/mol. The number of nitrogens with one attached hydrogen (secondary N) is 2. The molecular weight excluding hydrogens is 252 g/mol. The normalized spacial score (nSPS) is 19.8. The van der Waals surface area contributed by atoms with Gasteiger partial charge in [-0.1, -0.05) is 30.3 Å². The fraction of sp³-hybridized carbons (Fsp3) is 0.417. The Morgan fingerprint density at radius 2 is 2.00 bits per heavy atom. The van der Waals surface area contributed by atoms with Gasteiger partial charge in [-0.15, -0.1) is 0 Å². The maximum absolute atomic E-state index is 11.8. The van der Waals surface area contributed by atoms with E-state index in [0.717, 1.165) is 5.56 Å². The maximum Gasteiger partial charge on any atom is 0.220 e. The Kier molecular flexibility index (Phi) is 3.98. The standard InChI is InChI=1S/C12H16N2O3S/c15-12-7-6-11(14-12)8-13-18(16,17)9-10-4-2-1-3-5-10/h1-5,11,13H,6-9H2,(H,14,15). The number of carbonyl (C=O) groups is 1. The number of sulfonamides is 1. The molecule has 1 heterocycles. The fourth-order valence-electron chi connectivity index (χ4n) is 1.90. The van der Waals surface area contributed by atoms with Crippen molar-refractivity contribution in [3.8, 4) is 0 Å². The summed E-state index contributed by atoms with van der Waals surface area (Å²) in [7, 11) is -3.34. The lowest BCUT2D eigenvalue weighted by Gasteiger charge is -2.11. The number of carbonyl (C=O) groups excluding carboxylic acids is 1. The first-order valence-electron chi connectivity index (χ1n) is 5.86. The Hall–Kier alpha value is -1.40. The summed E-state index contributed by atoms with van der Waals surface area (Å²) in [4.78, 5) is 11.0. The minimum absolute atomic E-state index is 0.0118.